The number of aromatic nitrogens is 2. The van der Waals surface area contributed by atoms with E-state index in [2.05, 4.69) is 15.5 Å². The van der Waals surface area contributed by atoms with E-state index < -0.39 is 5.97 Å². The van der Waals surface area contributed by atoms with Gasteiger partial charge in [0.05, 0.1) is 12.1 Å². The minimum atomic E-state index is -0.887. The molecule has 0 saturated carbocycles. The fourth-order valence-electron chi connectivity index (χ4n) is 0.781. The van der Waals surface area contributed by atoms with Gasteiger partial charge in [0.25, 0.3) is 0 Å². The van der Waals surface area contributed by atoms with Crippen molar-refractivity contribution >= 4 is 34.9 Å². The Balaban J connectivity index is 2.57. The van der Waals surface area contributed by atoms with Crippen LogP contribution in [0.5, 0.6) is 0 Å². The SMILES string of the molecule is O=C(O)CCNc1cc(Cl)nnc1Cl. The lowest BCUT2D eigenvalue weighted by Crippen LogP contribution is -2.08. The molecule has 0 saturated heterocycles. The highest BCUT2D eigenvalue weighted by Crippen LogP contribution is 2.20. The molecular formula is C7H7Cl2N3O2. The maximum atomic E-state index is 10.2. The molecule has 5 nitrogen and oxygen atoms in total. The Kier molecular flexibility index (Phi) is 3.91. The molecule has 0 unspecified atom stereocenters. The average molecular weight is 236 g/mol. The molecule has 0 spiro atoms. The molecule has 0 radical (unpaired) electrons. The fourth-order valence-corrected chi connectivity index (χ4v) is 1.09. The van der Waals surface area contributed by atoms with Crippen molar-refractivity contribution in [1.82, 2.24) is 10.2 Å². The van der Waals surface area contributed by atoms with Gasteiger partial charge in [0.15, 0.2) is 10.3 Å². The Morgan fingerprint density at radius 3 is 2.86 bits per heavy atom. The third kappa shape index (κ3) is 3.35. The van der Waals surface area contributed by atoms with Crippen LogP contribution in [0.1, 0.15) is 6.42 Å². The van der Waals surface area contributed by atoms with Gasteiger partial charge in [-0.25, -0.2) is 0 Å². The number of hydrogen-bond donors (Lipinski definition) is 2. The second kappa shape index (κ2) is 4.97. The number of hydrogen-bond acceptors (Lipinski definition) is 4. The van der Waals surface area contributed by atoms with E-state index in [0.717, 1.165) is 0 Å². The van der Waals surface area contributed by atoms with Gasteiger partial charge in [-0.2, -0.15) is 0 Å². The predicted molar refractivity (Wildman–Crippen MR) is 52.8 cm³/mol. The maximum Gasteiger partial charge on any atom is 0.305 e. The van der Waals surface area contributed by atoms with E-state index in [0.29, 0.717) is 5.69 Å². The number of nitrogens with zero attached hydrogens (tertiary/aromatic N) is 2. The Morgan fingerprint density at radius 1 is 1.50 bits per heavy atom. The van der Waals surface area contributed by atoms with Gasteiger partial charge < -0.3 is 10.4 Å². The smallest absolute Gasteiger partial charge is 0.305 e. The Labute approximate surface area is 90.0 Å². The normalized spacial score (nSPS) is 9.86. The van der Waals surface area contributed by atoms with Crippen molar-refractivity contribution < 1.29 is 9.90 Å². The number of rotatable bonds is 4. The van der Waals surface area contributed by atoms with Crippen LogP contribution in [-0.2, 0) is 4.79 Å². The quantitative estimate of drug-likeness (QED) is 0.831. The van der Waals surface area contributed by atoms with Crippen molar-refractivity contribution in [2.45, 2.75) is 6.42 Å². The molecule has 0 aliphatic rings. The molecule has 0 amide bonds. The highest BCUT2D eigenvalue weighted by molar-refractivity contribution is 6.33. The van der Waals surface area contributed by atoms with E-state index in [4.69, 9.17) is 28.3 Å². The van der Waals surface area contributed by atoms with Crippen LogP contribution in [0.15, 0.2) is 6.07 Å². The highest BCUT2D eigenvalue weighted by atomic mass is 35.5. The molecule has 14 heavy (non-hydrogen) atoms. The molecule has 7 heteroatoms. The summed E-state index contributed by atoms with van der Waals surface area (Å²) in [5, 5.41) is 18.6. The second-order valence-corrected chi connectivity index (χ2v) is 3.19. The lowest BCUT2D eigenvalue weighted by molar-refractivity contribution is -0.136. The third-order valence-corrected chi connectivity index (χ3v) is 1.84. The average Bonchev–Trinajstić information content (AvgIpc) is 2.10. The van der Waals surface area contributed by atoms with Crippen LogP contribution in [0.2, 0.25) is 10.3 Å². The van der Waals surface area contributed by atoms with E-state index in [-0.39, 0.29) is 23.3 Å². The molecule has 2 N–H and O–H groups in total. The van der Waals surface area contributed by atoms with Crippen LogP contribution in [-0.4, -0.2) is 27.8 Å². The summed E-state index contributed by atoms with van der Waals surface area (Å²) in [4.78, 5) is 10.2. The summed E-state index contributed by atoms with van der Waals surface area (Å²) in [6.07, 6.45) is -0.00370. The zero-order valence-corrected chi connectivity index (χ0v) is 8.51. The topological polar surface area (TPSA) is 75.1 Å². The number of carboxylic acid groups (broad SMARTS) is 1. The van der Waals surface area contributed by atoms with Gasteiger partial charge in [-0.3, -0.25) is 4.79 Å². The zero-order valence-electron chi connectivity index (χ0n) is 7.00. The van der Waals surface area contributed by atoms with Crippen molar-refractivity contribution in [3.05, 3.63) is 16.4 Å². The van der Waals surface area contributed by atoms with E-state index in [9.17, 15) is 4.79 Å². The lowest BCUT2D eigenvalue weighted by Gasteiger charge is -2.05. The van der Waals surface area contributed by atoms with Crippen LogP contribution >= 0.6 is 23.2 Å². The van der Waals surface area contributed by atoms with Crippen LogP contribution in [0.3, 0.4) is 0 Å². The van der Waals surface area contributed by atoms with Crippen molar-refractivity contribution in [3.8, 4) is 0 Å². The van der Waals surface area contributed by atoms with Crippen LogP contribution < -0.4 is 5.32 Å². The second-order valence-electron chi connectivity index (χ2n) is 2.44. The molecule has 1 rings (SSSR count). The minimum absolute atomic E-state index is 0.00370. The molecule has 1 aromatic rings. The summed E-state index contributed by atoms with van der Waals surface area (Å²) in [6.45, 7) is 0.261. The number of halogens is 2. The monoisotopic (exact) mass is 235 g/mol. The summed E-state index contributed by atoms with van der Waals surface area (Å²) in [7, 11) is 0. The summed E-state index contributed by atoms with van der Waals surface area (Å²) < 4.78 is 0. The molecule has 0 atom stereocenters. The number of anilines is 1. The molecular weight excluding hydrogens is 229 g/mol. The highest BCUT2D eigenvalue weighted by Gasteiger charge is 2.04. The number of aliphatic carboxylic acids is 1. The molecule has 0 bridgehead atoms. The van der Waals surface area contributed by atoms with Gasteiger partial charge in [0.1, 0.15) is 0 Å². The third-order valence-electron chi connectivity index (χ3n) is 1.37. The first-order valence-corrected chi connectivity index (χ1v) is 4.49. The van der Waals surface area contributed by atoms with Crippen LogP contribution in [0, 0.1) is 0 Å². The van der Waals surface area contributed by atoms with Gasteiger partial charge in [0.2, 0.25) is 0 Å². The molecule has 1 heterocycles. The van der Waals surface area contributed by atoms with Gasteiger partial charge >= 0.3 is 5.97 Å². The summed E-state index contributed by atoms with van der Waals surface area (Å²) >= 11 is 11.2. The van der Waals surface area contributed by atoms with Crippen molar-refractivity contribution in [1.29, 1.82) is 0 Å². The molecule has 0 fully saturated rings. The number of carbonyl (C=O) groups is 1. The zero-order chi connectivity index (χ0) is 10.6. The molecule has 0 aliphatic heterocycles. The number of carboxylic acids is 1. The first-order chi connectivity index (χ1) is 6.59. The maximum absolute atomic E-state index is 10.2. The van der Waals surface area contributed by atoms with Crippen molar-refractivity contribution in [2.75, 3.05) is 11.9 Å². The van der Waals surface area contributed by atoms with Gasteiger partial charge in [-0.1, -0.05) is 23.2 Å². The summed E-state index contributed by atoms with van der Waals surface area (Å²) in [5.74, 6) is -0.887. The first-order valence-electron chi connectivity index (χ1n) is 3.74. The largest absolute Gasteiger partial charge is 0.481 e. The van der Waals surface area contributed by atoms with Crippen LogP contribution in [0.25, 0.3) is 0 Å². The van der Waals surface area contributed by atoms with E-state index in [1.54, 1.807) is 0 Å². The van der Waals surface area contributed by atoms with Gasteiger partial charge in [0, 0.05) is 12.6 Å². The van der Waals surface area contributed by atoms with Crippen LogP contribution in [0.4, 0.5) is 5.69 Å². The summed E-state index contributed by atoms with van der Waals surface area (Å²) in [5.41, 5.74) is 0.480. The van der Waals surface area contributed by atoms with E-state index >= 15 is 0 Å². The molecule has 0 aliphatic carbocycles. The van der Waals surface area contributed by atoms with Crippen molar-refractivity contribution in [2.24, 2.45) is 0 Å². The lowest BCUT2D eigenvalue weighted by atomic mass is 10.4. The number of nitrogens with one attached hydrogen (secondary N) is 1. The standard InChI is InChI=1S/C7H7Cl2N3O2/c8-5-3-4(7(9)12-11-5)10-2-1-6(13)14/h3H,1-2H2,(H,10,11)(H,13,14). The van der Waals surface area contributed by atoms with E-state index in [1.165, 1.54) is 6.07 Å². The molecule has 76 valence electrons. The van der Waals surface area contributed by atoms with Gasteiger partial charge in [-0.15, -0.1) is 10.2 Å². The predicted octanol–water partition coefficient (Wildman–Crippen LogP) is 1.67. The Morgan fingerprint density at radius 2 is 2.21 bits per heavy atom. The minimum Gasteiger partial charge on any atom is -0.481 e. The molecule has 1 aromatic heterocycles. The Bertz CT molecular complexity index is 346. The fraction of sp³-hybridized carbons (Fsp3) is 0.286. The van der Waals surface area contributed by atoms with Gasteiger partial charge in [-0.05, 0) is 0 Å². The van der Waals surface area contributed by atoms with Crippen molar-refractivity contribution in [3.63, 3.8) is 0 Å². The Hall–Kier alpha value is -1.07. The van der Waals surface area contributed by atoms with E-state index in [1.807, 2.05) is 0 Å². The molecule has 0 aromatic carbocycles. The first kappa shape index (κ1) is 11.0. The summed E-state index contributed by atoms with van der Waals surface area (Å²) in [6, 6.07) is 1.48.